The molecule has 3 heterocycles. The number of rotatable bonds is 5. The lowest BCUT2D eigenvalue weighted by atomic mass is 9.85. The van der Waals surface area contributed by atoms with E-state index in [-0.39, 0.29) is 12.5 Å². The Hall–Kier alpha value is -3.16. The highest BCUT2D eigenvalue weighted by molar-refractivity contribution is 5.77. The van der Waals surface area contributed by atoms with Crippen LogP contribution in [0.4, 0.5) is 5.82 Å². The summed E-state index contributed by atoms with van der Waals surface area (Å²) in [6.07, 6.45) is 4.48. The zero-order valence-corrected chi connectivity index (χ0v) is 17.0. The van der Waals surface area contributed by atoms with Crippen LogP contribution in [0.25, 0.3) is 5.65 Å². The third-order valence-corrected chi connectivity index (χ3v) is 6.02. The molecule has 30 heavy (non-hydrogen) atoms. The van der Waals surface area contributed by atoms with E-state index < -0.39 is 0 Å². The first kappa shape index (κ1) is 18.8. The zero-order chi connectivity index (χ0) is 20.3. The number of nitrogens with zero attached hydrogens (tertiary/aromatic N) is 6. The molecule has 2 aromatic heterocycles. The van der Waals surface area contributed by atoms with E-state index >= 15 is 0 Å². The SMILES string of the molecule is O=C(COc1ccccc1)N1CCCN(c2ccc3nnc(C4CCC4)n3n2)CC1. The molecule has 1 saturated carbocycles. The van der Waals surface area contributed by atoms with Crippen LogP contribution in [-0.2, 0) is 4.79 Å². The van der Waals surface area contributed by atoms with Gasteiger partial charge in [0.25, 0.3) is 5.91 Å². The Bertz CT molecular complexity index is 1020. The Morgan fingerprint density at radius 3 is 2.63 bits per heavy atom. The maximum Gasteiger partial charge on any atom is 0.260 e. The zero-order valence-electron chi connectivity index (χ0n) is 17.0. The molecule has 0 radical (unpaired) electrons. The molecule has 2 aliphatic rings. The van der Waals surface area contributed by atoms with E-state index in [2.05, 4.69) is 15.1 Å². The van der Waals surface area contributed by atoms with Crippen LogP contribution in [0.5, 0.6) is 5.75 Å². The van der Waals surface area contributed by atoms with Gasteiger partial charge in [-0.1, -0.05) is 24.6 Å². The fourth-order valence-corrected chi connectivity index (χ4v) is 4.03. The predicted octanol–water partition coefficient (Wildman–Crippen LogP) is 2.51. The van der Waals surface area contributed by atoms with Crippen LogP contribution < -0.4 is 9.64 Å². The first-order valence-electron chi connectivity index (χ1n) is 10.7. The topological polar surface area (TPSA) is 75.9 Å². The molecule has 1 saturated heterocycles. The van der Waals surface area contributed by atoms with Crippen molar-refractivity contribution in [3.05, 3.63) is 48.3 Å². The summed E-state index contributed by atoms with van der Waals surface area (Å²) in [5.41, 5.74) is 0.797. The second kappa shape index (κ2) is 8.30. The fourth-order valence-electron chi connectivity index (χ4n) is 4.03. The van der Waals surface area contributed by atoms with E-state index in [1.165, 1.54) is 19.3 Å². The van der Waals surface area contributed by atoms with Crippen molar-refractivity contribution < 1.29 is 9.53 Å². The highest BCUT2D eigenvalue weighted by Crippen LogP contribution is 2.35. The van der Waals surface area contributed by atoms with Crippen molar-refractivity contribution in [2.45, 2.75) is 31.6 Å². The summed E-state index contributed by atoms with van der Waals surface area (Å²) < 4.78 is 7.53. The van der Waals surface area contributed by atoms with Gasteiger partial charge in [0.05, 0.1) is 0 Å². The molecule has 8 heteroatoms. The number of ether oxygens (including phenoxy) is 1. The minimum atomic E-state index is 0.0233. The van der Waals surface area contributed by atoms with Crippen molar-refractivity contribution in [2.24, 2.45) is 0 Å². The summed E-state index contributed by atoms with van der Waals surface area (Å²) in [5.74, 6) is 3.11. The molecule has 1 aliphatic carbocycles. The van der Waals surface area contributed by atoms with Gasteiger partial charge in [-0.15, -0.1) is 15.3 Å². The Morgan fingerprint density at radius 2 is 1.83 bits per heavy atom. The van der Waals surface area contributed by atoms with Gasteiger partial charge in [-0.25, -0.2) is 0 Å². The molecule has 8 nitrogen and oxygen atoms in total. The number of carbonyl (C=O) groups excluding carboxylic acids is 1. The van der Waals surface area contributed by atoms with Gasteiger partial charge in [-0.05, 0) is 43.5 Å². The quantitative estimate of drug-likeness (QED) is 0.648. The fraction of sp³-hybridized carbons (Fsp3) is 0.455. The first-order valence-corrected chi connectivity index (χ1v) is 10.7. The summed E-state index contributed by atoms with van der Waals surface area (Å²) in [5, 5.41) is 13.5. The van der Waals surface area contributed by atoms with E-state index in [4.69, 9.17) is 9.84 Å². The van der Waals surface area contributed by atoms with Crippen molar-refractivity contribution in [3.63, 3.8) is 0 Å². The van der Waals surface area contributed by atoms with E-state index in [1.807, 2.05) is 51.9 Å². The van der Waals surface area contributed by atoms with E-state index in [9.17, 15) is 4.79 Å². The molecule has 0 atom stereocenters. The van der Waals surface area contributed by atoms with Crippen molar-refractivity contribution in [1.82, 2.24) is 24.7 Å². The Morgan fingerprint density at radius 1 is 0.967 bits per heavy atom. The first-order chi connectivity index (χ1) is 14.8. The minimum Gasteiger partial charge on any atom is -0.484 e. The van der Waals surface area contributed by atoms with Gasteiger partial charge in [0, 0.05) is 32.1 Å². The number of amides is 1. The van der Waals surface area contributed by atoms with Crippen LogP contribution in [-0.4, -0.2) is 63.4 Å². The Balaban J connectivity index is 1.23. The van der Waals surface area contributed by atoms with Crippen molar-refractivity contribution >= 4 is 17.4 Å². The molecular formula is C22H26N6O2. The van der Waals surface area contributed by atoms with Gasteiger partial charge >= 0.3 is 0 Å². The Kier molecular flexibility index (Phi) is 5.21. The molecule has 0 unspecified atom stereocenters. The summed E-state index contributed by atoms with van der Waals surface area (Å²) in [6.45, 7) is 3.07. The van der Waals surface area contributed by atoms with Gasteiger partial charge in [-0.3, -0.25) is 4.79 Å². The average molecular weight is 406 g/mol. The summed E-state index contributed by atoms with van der Waals surface area (Å²) in [7, 11) is 0. The number of hydrogen-bond acceptors (Lipinski definition) is 6. The second-order valence-corrected chi connectivity index (χ2v) is 7.97. The maximum absolute atomic E-state index is 12.6. The number of aromatic nitrogens is 4. The predicted molar refractivity (Wildman–Crippen MR) is 113 cm³/mol. The molecule has 0 spiro atoms. The largest absolute Gasteiger partial charge is 0.484 e. The summed E-state index contributed by atoms with van der Waals surface area (Å²) in [6, 6.07) is 13.4. The highest BCUT2D eigenvalue weighted by atomic mass is 16.5. The lowest BCUT2D eigenvalue weighted by molar-refractivity contribution is -0.133. The molecule has 5 rings (SSSR count). The molecule has 156 valence electrons. The number of hydrogen-bond donors (Lipinski definition) is 0. The summed E-state index contributed by atoms with van der Waals surface area (Å²) in [4.78, 5) is 16.7. The lowest BCUT2D eigenvalue weighted by Crippen LogP contribution is -2.38. The number of carbonyl (C=O) groups is 1. The number of anilines is 1. The standard InChI is InChI=1S/C22H26N6O2/c29-21(16-30-18-8-2-1-3-9-18)27-13-5-12-26(14-15-27)20-11-10-19-23-24-22(28(19)25-20)17-6-4-7-17/h1-3,8-11,17H,4-7,12-16H2. The molecule has 2 fully saturated rings. The number of para-hydroxylation sites is 1. The van der Waals surface area contributed by atoms with E-state index in [0.717, 1.165) is 49.1 Å². The smallest absolute Gasteiger partial charge is 0.260 e. The van der Waals surface area contributed by atoms with E-state index in [1.54, 1.807) is 0 Å². The third kappa shape index (κ3) is 3.81. The monoisotopic (exact) mass is 406 g/mol. The van der Waals surface area contributed by atoms with Crippen molar-refractivity contribution in [3.8, 4) is 5.75 Å². The van der Waals surface area contributed by atoms with Gasteiger partial charge < -0.3 is 14.5 Å². The van der Waals surface area contributed by atoms with Crippen LogP contribution in [0.3, 0.4) is 0 Å². The summed E-state index contributed by atoms with van der Waals surface area (Å²) >= 11 is 0. The van der Waals surface area contributed by atoms with Crippen molar-refractivity contribution in [1.29, 1.82) is 0 Å². The molecule has 0 N–H and O–H groups in total. The third-order valence-electron chi connectivity index (χ3n) is 6.02. The lowest BCUT2D eigenvalue weighted by Gasteiger charge is -2.24. The van der Waals surface area contributed by atoms with Crippen LogP contribution in [0.2, 0.25) is 0 Å². The van der Waals surface area contributed by atoms with Crippen molar-refractivity contribution in [2.75, 3.05) is 37.7 Å². The van der Waals surface area contributed by atoms with Crippen LogP contribution >= 0.6 is 0 Å². The molecule has 3 aromatic rings. The van der Waals surface area contributed by atoms with Crippen LogP contribution in [0, 0.1) is 0 Å². The minimum absolute atomic E-state index is 0.0233. The van der Waals surface area contributed by atoms with Gasteiger partial charge in [0.2, 0.25) is 0 Å². The highest BCUT2D eigenvalue weighted by Gasteiger charge is 2.26. The molecule has 1 aromatic carbocycles. The average Bonchev–Trinajstić information content (AvgIpc) is 2.98. The van der Waals surface area contributed by atoms with Gasteiger partial charge in [0.1, 0.15) is 11.6 Å². The second-order valence-electron chi connectivity index (χ2n) is 7.97. The molecule has 1 amide bonds. The van der Waals surface area contributed by atoms with Gasteiger partial charge in [0.15, 0.2) is 18.1 Å². The van der Waals surface area contributed by atoms with Gasteiger partial charge in [-0.2, -0.15) is 4.52 Å². The normalized spacial score (nSPS) is 17.6. The molecular weight excluding hydrogens is 380 g/mol. The molecule has 1 aliphatic heterocycles. The van der Waals surface area contributed by atoms with Crippen LogP contribution in [0.1, 0.15) is 37.4 Å². The molecule has 0 bridgehead atoms. The van der Waals surface area contributed by atoms with E-state index in [0.29, 0.717) is 12.5 Å². The maximum atomic E-state index is 12.6. The number of benzene rings is 1. The van der Waals surface area contributed by atoms with Crippen LogP contribution in [0.15, 0.2) is 42.5 Å². The Labute approximate surface area is 175 Å². The number of fused-ring (bicyclic) bond motifs is 1.